The monoisotopic (exact) mass is 268 g/mol. The van der Waals surface area contributed by atoms with Gasteiger partial charge in [-0.2, -0.15) is 0 Å². The first-order chi connectivity index (χ1) is 9.26. The Morgan fingerprint density at radius 2 is 1.74 bits per heavy atom. The molecule has 1 nitrogen and oxygen atoms in total. The van der Waals surface area contributed by atoms with Crippen molar-refractivity contribution >= 4 is 22.1 Å². The molecule has 0 bridgehead atoms. The molecule has 0 unspecified atom stereocenters. The lowest BCUT2D eigenvalue weighted by molar-refractivity contribution is 0.411. The molecule has 0 saturated heterocycles. The number of hydrogen-bond acceptors (Lipinski definition) is 2. The SMILES string of the molecule is COc1cc2ccccc2cc1Cc1ccc(C)s1. The van der Waals surface area contributed by atoms with Crippen LogP contribution in [-0.2, 0) is 6.42 Å². The van der Waals surface area contributed by atoms with Gasteiger partial charge in [0.05, 0.1) is 7.11 Å². The van der Waals surface area contributed by atoms with Gasteiger partial charge in [-0.15, -0.1) is 11.3 Å². The van der Waals surface area contributed by atoms with E-state index in [1.54, 1.807) is 7.11 Å². The summed E-state index contributed by atoms with van der Waals surface area (Å²) >= 11 is 1.85. The van der Waals surface area contributed by atoms with E-state index < -0.39 is 0 Å². The Hall–Kier alpha value is -1.80. The Morgan fingerprint density at radius 1 is 1.00 bits per heavy atom. The largest absolute Gasteiger partial charge is 0.496 e. The lowest BCUT2D eigenvalue weighted by atomic mass is 10.0. The molecule has 96 valence electrons. The van der Waals surface area contributed by atoms with Crippen LogP contribution in [0.15, 0.2) is 48.5 Å². The normalized spacial score (nSPS) is 10.8. The Kier molecular flexibility index (Phi) is 3.26. The number of benzene rings is 2. The molecule has 0 N–H and O–H groups in total. The average molecular weight is 268 g/mol. The molecule has 1 heterocycles. The van der Waals surface area contributed by atoms with Crippen LogP contribution < -0.4 is 4.74 Å². The summed E-state index contributed by atoms with van der Waals surface area (Å²) < 4.78 is 5.54. The molecule has 0 radical (unpaired) electrons. The highest BCUT2D eigenvalue weighted by Gasteiger charge is 2.07. The number of ether oxygens (including phenoxy) is 1. The molecular weight excluding hydrogens is 252 g/mol. The summed E-state index contributed by atoms with van der Waals surface area (Å²) in [6.45, 7) is 2.14. The van der Waals surface area contributed by atoms with Crippen molar-refractivity contribution in [3.05, 3.63) is 63.8 Å². The maximum absolute atomic E-state index is 5.54. The van der Waals surface area contributed by atoms with E-state index >= 15 is 0 Å². The van der Waals surface area contributed by atoms with Crippen molar-refractivity contribution in [3.63, 3.8) is 0 Å². The fourth-order valence-corrected chi connectivity index (χ4v) is 3.28. The van der Waals surface area contributed by atoms with E-state index in [9.17, 15) is 0 Å². The number of fused-ring (bicyclic) bond motifs is 1. The maximum atomic E-state index is 5.54. The van der Waals surface area contributed by atoms with Crippen molar-refractivity contribution in [3.8, 4) is 5.75 Å². The highest BCUT2D eigenvalue weighted by atomic mass is 32.1. The van der Waals surface area contributed by atoms with Crippen molar-refractivity contribution in [2.45, 2.75) is 13.3 Å². The van der Waals surface area contributed by atoms with Crippen molar-refractivity contribution in [2.24, 2.45) is 0 Å². The highest BCUT2D eigenvalue weighted by Crippen LogP contribution is 2.29. The van der Waals surface area contributed by atoms with Crippen molar-refractivity contribution < 1.29 is 4.74 Å². The molecule has 0 saturated carbocycles. The zero-order chi connectivity index (χ0) is 13.2. The van der Waals surface area contributed by atoms with E-state index in [4.69, 9.17) is 4.74 Å². The van der Waals surface area contributed by atoms with Crippen molar-refractivity contribution in [1.29, 1.82) is 0 Å². The molecular formula is C17H16OS. The topological polar surface area (TPSA) is 9.23 Å². The number of aryl methyl sites for hydroxylation is 1. The zero-order valence-electron chi connectivity index (χ0n) is 11.1. The molecule has 0 spiro atoms. The van der Waals surface area contributed by atoms with E-state index in [1.165, 1.54) is 26.1 Å². The van der Waals surface area contributed by atoms with Gasteiger partial charge in [-0.25, -0.2) is 0 Å². The predicted molar refractivity (Wildman–Crippen MR) is 82.4 cm³/mol. The summed E-state index contributed by atoms with van der Waals surface area (Å²) in [5, 5.41) is 2.50. The molecule has 0 aliphatic rings. The molecule has 19 heavy (non-hydrogen) atoms. The predicted octanol–water partition coefficient (Wildman–Crippen LogP) is 4.81. The third kappa shape index (κ3) is 2.49. The first-order valence-corrected chi connectivity index (χ1v) is 7.19. The molecule has 3 aromatic rings. The van der Waals surface area contributed by atoms with E-state index in [2.05, 4.69) is 55.5 Å². The second-order valence-corrected chi connectivity index (χ2v) is 6.07. The van der Waals surface area contributed by atoms with Gasteiger partial charge in [-0.3, -0.25) is 0 Å². The van der Waals surface area contributed by atoms with Gasteiger partial charge in [0.25, 0.3) is 0 Å². The molecule has 0 aliphatic heterocycles. The fourth-order valence-electron chi connectivity index (χ4n) is 2.36. The number of thiophene rings is 1. The number of methoxy groups -OCH3 is 1. The van der Waals surface area contributed by atoms with E-state index in [0.29, 0.717) is 0 Å². The minimum absolute atomic E-state index is 0.937. The summed E-state index contributed by atoms with van der Waals surface area (Å²) in [5.41, 5.74) is 1.25. The van der Waals surface area contributed by atoms with Crippen molar-refractivity contribution in [1.82, 2.24) is 0 Å². The standard InChI is InChI=1S/C17H16OS/c1-12-7-8-16(19-12)10-15-9-13-5-3-4-6-14(13)11-17(15)18-2/h3-9,11H,10H2,1-2H3. The smallest absolute Gasteiger partial charge is 0.123 e. The quantitative estimate of drug-likeness (QED) is 0.662. The summed E-state index contributed by atoms with van der Waals surface area (Å²) in [4.78, 5) is 2.74. The molecule has 0 fully saturated rings. The lowest BCUT2D eigenvalue weighted by Crippen LogP contribution is -1.92. The van der Waals surface area contributed by atoms with E-state index in [-0.39, 0.29) is 0 Å². The van der Waals surface area contributed by atoms with Crippen LogP contribution in [0.4, 0.5) is 0 Å². The zero-order valence-corrected chi connectivity index (χ0v) is 12.0. The lowest BCUT2D eigenvalue weighted by Gasteiger charge is -2.09. The van der Waals surface area contributed by atoms with Gasteiger partial charge in [-0.1, -0.05) is 24.3 Å². The Morgan fingerprint density at radius 3 is 2.37 bits per heavy atom. The highest BCUT2D eigenvalue weighted by molar-refractivity contribution is 7.11. The molecule has 0 aliphatic carbocycles. The Balaban J connectivity index is 2.05. The second-order valence-electron chi connectivity index (χ2n) is 4.70. The summed E-state index contributed by atoms with van der Waals surface area (Å²) in [5.74, 6) is 0.977. The molecule has 0 atom stereocenters. The van der Waals surface area contributed by atoms with E-state index in [1.807, 2.05) is 11.3 Å². The molecule has 2 heteroatoms. The number of rotatable bonds is 3. The first kappa shape index (κ1) is 12.2. The van der Waals surface area contributed by atoms with Crippen LogP contribution in [0.3, 0.4) is 0 Å². The van der Waals surface area contributed by atoms with Gasteiger partial charge < -0.3 is 4.74 Å². The third-order valence-electron chi connectivity index (χ3n) is 3.31. The third-order valence-corrected chi connectivity index (χ3v) is 4.31. The van der Waals surface area contributed by atoms with Crippen LogP contribution in [0, 0.1) is 6.92 Å². The fraction of sp³-hybridized carbons (Fsp3) is 0.176. The summed E-state index contributed by atoms with van der Waals surface area (Å²) in [7, 11) is 1.74. The minimum atomic E-state index is 0.937. The van der Waals surface area contributed by atoms with Crippen LogP contribution >= 0.6 is 11.3 Å². The molecule has 0 amide bonds. The van der Waals surface area contributed by atoms with Crippen LogP contribution in [0.2, 0.25) is 0 Å². The summed E-state index contributed by atoms with van der Waals surface area (Å²) in [6, 6.07) is 17.2. The summed E-state index contributed by atoms with van der Waals surface area (Å²) in [6.07, 6.45) is 0.937. The average Bonchev–Trinajstić information content (AvgIpc) is 2.83. The van der Waals surface area contributed by atoms with Crippen LogP contribution in [0.25, 0.3) is 10.8 Å². The van der Waals surface area contributed by atoms with Crippen LogP contribution in [0.1, 0.15) is 15.3 Å². The van der Waals surface area contributed by atoms with Gasteiger partial charge in [-0.05, 0) is 47.5 Å². The Labute approximate surface area is 117 Å². The minimum Gasteiger partial charge on any atom is -0.496 e. The number of hydrogen-bond donors (Lipinski definition) is 0. The van der Waals surface area contributed by atoms with Gasteiger partial charge in [0.2, 0.25) is 0 Å². The van der Waals surface area contributed by atoms with Gasteiger partial charge >= 0.3 is 0 Å². The van der Waals surface area contributed by atoms with E-state index in [0.717, 1.165) is 12.2 Å². The maximum Gasteiger partial charge on any atom is 0.123 e. The molecule has 2 aromatic carbocycles. The second kappa shape index (κ2) is 5.06. The van der Waals surface area contributed by atoms with Gasteiger partial charge in [0.15, 0.2) is 0 Å². The molecule has 3 rings (SSSR count). The first-order valence-electron chi connectivity index (χ1n) is 6.37. The molecule has 1 aromatic heterocycles. The van der Waals surface area contributed by atoms with Crippen molar-refractivity contribution in [2.75, 3.05) is 7.11 Å². The van der Waals surface area contributed by atoms with Gasteiger partial charge in [0.1, 0.15) is 5.75 Å². The van der Waals surface area contributed by atoms with Gasteiger partial charge in [0, 0.05) is 16.2 Å². The van der Waals surface area contributed by atoms with Crippen LogP contribution in [0.5, 0.6) is 5.75 Å². The Bertz CT molecular complexity index is 712. The van der Waals surface area contributed by atoms with Crippen LogP contribution in [-0.4, -0.2) is 7.11 Å².